The fourth-order valence-corrected chi connectivity index (χ4v) is 5.53. The van der Waals surface area contributed by atoms with Crippen LogP contribution in [0.2, 0.25) is 0 Å². The van der Waals surface area contributed by atoms with Gasteiger partial charge in [0.25, 0.3) is 0 Å². The Labute approximate surface area is 211 Å². The quantitative estimate of drug-likeness (QED) is 0.382. The highest BCUT2D eigenvalue weighted by Gasteiger charge is 2.46. The van der Waals surface area contributed by atoms with Crippen molar-refractivity contribution in [3.8, 4) is 23.0 Å². The maximum Gasteiger partial charge on any atom is 0.179 e. The van der Waals surface area contributed by atoms with Gasteiger partial charge in [0.2, 0.25) is 0 Å². The molecule has 0 heterocycles. The van der Waals surface area contributed by atoms with E-state index in [1.807, 2.05) is 65.1 Å². The summed E-state index contributed by atoms with van der Waals surface area (Å²) in [5.41, 5.74) is 2.58. The number of fused-ring (bicyclic) bond motifs is 4. The number of carbonyl (C=O) groups excluding carboxylic acids is 2. The Hall–Kier alpha value is -2.67. The highest BCUT2D eigenvalue weighted by atomic mass is 32.2. The molecule has 0 aromatic heterocycles. The Morgan fingerprint density at radius 3 is 1.77 bits per heavy atom. The van der Waals surface area contributed by atoms with E-state index in [0.717, 1.165) is 11.1 Å². The van der Waals surface area contributed by atoms with Crippen LogP contribution in [0.4, 0.5) is 0 Å². The lowest BCUT2D eigenvalue weighted by Crippen LogP contribution is -2.39. The minimum atomic E-state index is -0.498. The summed E-state index contributed by atoms with van der Waals surface area (Å²) in [5.74, 6) is 2.50. The Kier molecular flexibility index (Phi) is 7.36. The second-order valence-electron chi connectivity index (χ2n) is 9.63. The van der Waals surface area contributed by atoms with Crippen LogP contribution in [0, 0.1) is 0 Å². The summed E-state index contributed by atoms with van der Waals surface area (Å²) in [5, 5.41) is 0. The Morgan fingerprint density at radius 2 is 1.29 bits per heavy atom. The van der Waals surface area contributed by atoms with E-state index in [9.17, 15) is 9.59 Å². The average molecular weight is 499 g/mol. The number of rotatable bonds is 8. The molecule has 35 heavy (non-hydrogen) atoms. The van der Waals surface area contributed by atoms with E-state index in [1.54, 1.807) is 0 Å². The zero-order chi connectivity index (χ0) is 25.3. The van der Waals surface area contributed by atoms with Gasteiger partial charge in [0.1, 0.15) is 0 Å². The average Bonchev–Trinajstić information content (AvgIpc) is 2.79. The van der Waals surface area contributed by atoms with E-state index in [-0.39, 0.29) is 23.8 Å². The molecule has 0 saturated carbocycles. The molecule has 1 unspecified atom stereocenters. The maximum atomic E-state index is 13.1. The Bertz CT molecular complexity index is 1130. The predicted octanol–water partition coefficient (Wildman–Crippen LogP) is 6.56. The number of ketones is 2. The van der Waals surface area contributed by atoms with Crippen LogP contribution in [-0.2, 0) is 5.41 Å². The number of carbonyl (C=O) groups is 2. The van der Waals surface area contributed by atoms with Crippen molar-refractivity contribution in [3.63, 3.8) is 0 Å². The molecular formula is C28H34O6S. The summed E-state index contributed by atoms with van der Waals surface area (Å²) >= 11 is 1.21. The molecule has 2 aliphatic rings. The molecule has 1 atom stereocenters. The van der Waals surface area contributed by atoms with Crippen molar-refractivity contribution in [2.75, 3.05) is 12.9 Å². The summed E-state index contributed by atoms with van der Waals surface area (Å²) in [6.07, 6.45) is 3.76. The topological polar surface area (TPSA) is 71.1 Å². The number of benzene rings is 2. The second kappa shape index (κ2) is 10.1. The van der Waals surface area contributed by atoms with Gasteiger partial charge in [0, 0.05) is 35.6 Å². The summed E-state index contributed by atoms with van der Waals surface area (Å²) < 4.78 is 23.8. The molecule has 0 bridgehead atoms. The van der Waals surface area contributed by atoms with Gasteiger partial charge in [-0.1, -0.05) is 0 Å². The van der Waals surface area contributed by atoms with E-state index < -0.39 is 5.41 Å². The Balaban J connectivity index is 1.97. The van der Waals surface area contributed by atoms with Gasteiger partial charge >= 0.3 is 0 Å². The van der Waals surface area contributed by atoms with Gasteiger partial charge < -0.3 is 18.4 Å². The largest absolute Gasteiger partial charge is 0.490 e. The van der Waals surface area contributed by atoms with Crippen molar-refractivity contribution in [2.45, 2.75) is 77.9 Å². The maximum absolute atomic E-state index is 13.1. The zero-order valence-corrected chi connectivity index (χ0v) is 22.2. The molecule has 0 N–H and O–H groups in total. The normalized spacial score (nSPS) is 19.1. The standard InChI is InChI=1S/C28H34O6S/c1-7-31-24-14-20-18(12-25(24)32-16(2)3)22(29)8-10-28(20)11-9-23(30)19-13-27(34-35-6)26(15-21(19)28)33-17(4)5/h12-17H,7-11H2,1-6H3. The molecule has 2 aromatic carbocycles. The zero-order valence-electron chi connectivity index (χ0n) is 21.4. The number of hydrogen-bond donors (Lipinski definition) is 0. The third-order valence-electron chi connectivity index (χ3n) is 6.56. The molecule has 0 radical (unpaired) electrons. The second-order valence-corrected chi connectivity index (χ2v) is 10.1. The van der Waals surface area contributed by atoms with Crippen molar-refractivity contribution >= 4 is 23.6 Å². The molecule has 1 spiro atoms. The molecule has 6 nitrogen and oxygen atoms in total. The van der Waals surface area contributed by atoms with Gasteiger partial charge in [-0.15, -0.1) is 0 Å². The molecule has 188 valence electrons. The van der Waals surface area contributed by atoms with Gasteiger partial charge in [-0.2, -0.15) is 0 Å². The van der Waals surface area contributed by atoms with Crippen molar-refractivity contribution in [2.24, 2.45) is 0 Å². The lowest BCUT2D eigenvalue weighted by molar-refractivity contribution is 0.0930. The van der Waals surface area contributed by atoms with Crippen LogP contribution in [0.3, 0.4) is 0 Å². The minimum Gasteiger partial charge on any atom is -0.490 e. The molecule has 0 amide bonds. The summed E-state index contributed by atoms with van der Waals surface area (Å²) in [7, 11) is 0. The van der Waals surface area contributed by atoms with Crippen molar-refractivity contribution in [1.29, 1.82) is 0 Å². The van der Waals surface area contributed by atoms with Crippen LogP contribution in [0.15, 0.2) is 24.3 Å². The van der Waals surface area contributed by atoms with Crippen molar-refractivity contribution in [1.82, 2.24) is 0 Å². The predicted molar refractivity (Wildman–Crippen MR) is 138 cm³/mol. The molecule has 0 saturated heterocycles. The van der Waals surface area contributed by atoms with Crippen LogP contribution < -0.4 is 18.4 Å². The Morgan fingerprint density at radius 1 is 0.800 bits per heavy atom. The molecule has 2 aromatic rings. The minimum absolute atomic E-state index is 0.0569. The van der Waals surface area contributed by atoms with Crippen LogP contribution in [-0.4, -0.2) is 36.6 Å². The lowest BCUT2D eigenvalue weighted by atomic mass is 9.59. The first-order valence-electron chi connectivity index (χ1n) is 12.3. The fraction of sp³-hybridized carbons (Fsp3) is 0.500. The first-order valence-corrected chi connectivity index (χ1v) is 13.4. The van der Waals surface area contributed by atoms with Crippen molar-refractivity contribution in [3.05, 3.63) is 46.5 Å². The first kappa shape index (κ1) is 25.4. The van der Waals surface area contributed by atoms with Crippen LogP contribution in [0.1, 0.15) is 92.1 Å². The van der Waals surface area contributed by atoms with E-state index in [4.69, 9.17) is 18.4 Å². The fourth-order valence-electron chi connectivity index (χ4n) is 5.22. The smallest absolute Gasteiger partial charge is 0.179 e. The molecule has 0 aliphatic heterocycles. The summed E-state index contributed by atoms with van der Waals surface area (Å²) in [6, 6.07) is 7.55. The van der Waals surface area contributed by atoms with E-state index in [1.165, 1.54) is 12.0 Å². The van der Waals surface area contributed by atoms with Gasteiger partial charge in [-0.25, -0.2) is 0 Å². The highest BCUT2D eigenvalue weighted by Crippen LogP contribution is 2.54. The summed E-state index contributed by atoms with van der Waals surface area (Å²) in [4.78, 5) is 26.2. The number of hydrogen-bond acceptors (Lipinski definition) is 7. The molecule has 4 rings (SSSR count). The SMILES string of the molecule is CCOc1cc2c(cc1OC(C)C)C(=O)CCC21CCC(=O)c2cc(OSC)c(OC(C)C)cc21. The van der Waals surface area contributed by atoms with Crippen LogP contribution in [0.25, 0.3) is 0 Å². The third kappa shape index (κ3) is 4.75. The van der Waals surface area contributed by atoms with E-state index in [2.05, 4.69) is 0 Å². The van der Waals surface area contributed by atoms with E-state index >= 15 is 0 Å². The number of ether oxygens (including phenoxy) is 3. The van der Waals surface area contributed by atoms with Gasteiger partial charge in [0.15, 0.2) is 34.6 Å². The third-order valence-corrected chi connectivity index (χ3v) is 6.90. The van der Waals surface area contributed by atoms with E-state index in [0.29, 0.717) is 66.4 Å². The van der Waals surface area contributed by atoms with Crippen molar-refractivity contribution < 1.29 is 28.0 Å². The van der Waals surface area contributed by atoms with Gasteiger partial charge in [-0.05, 0) is 82.9 Å². The van der Waals surface area contributed by atoms with Gasteiger partial charge in [-0.3, -0.25) is 9.59 Å². The molecule has 0 fully saturated rings. The van der Waals surface area contributed by atoms with Gasteiger partial charge in [0.05, 0.1) is 30.9 Å². The molecular weight excluding hydrogens is 464 g/mol. The molecule has 2 aliphatic carbocycles. The number of Topliss-reactive ketones (excluding diaryl/α,β-unsaturated/α-hetero) is 2. The monoisotopic (exact) mass is 498 g/mol. The summed E-state index contributed by atoms with van der Waals surface area (Å²) in [6.45, 7) is 10.2. The lowest BCUT2D eigenvalue weighted by Gasteiger charge is -2.43. The first-order chi connectivity index (χ1) is 16.7. The highest BCUT2D eigenvalue weighted by molar-refractivity contribution is 7.94. The molecule has 7 heteroatoms. The van der Waals surface area contributed by atoms with Crippen LogP contribution in [0.5, 0.6) is 23.0 Å². The van der Waals surface area contributed by atoms with Crippen LogP contribution >= 0.6 is 12.0 Å².